The summed E-state index contributed by atoms with van der Waals surface area (Å²) in [6.07, 6.45) is 0.679. The molecule has 4 rings (SSSR count). The molecule has 2 amide bonds. The number of urea groups is 1. The van der Waals surface area contributed by atoms with Crippen molar-refractivity contribution in [2.24, 2.45) is 0 Å². The first-order valence-electron chi connectivity index (χ1n) is 10.9. The zero-order chi connectivity index (χ0) is 22.3. The van der Waals surface area contributed by atoms with Gasteiger partial charge in [-0.3, -0.25) is 4.90 Å². The lowest BCUT2D eigenvalue weighted by molar-refractivity contribution is 0.120. The van der Waals surface area contributed by atoms with Crippen LogP contribution in [0.25, 0.3) is 0 Å². The standard InChI is InChI=1S/C26H27ClFN3O/c27-23-10-8-22(9-11-23)25(21-4-2-1-3-5-21)30-16-18-31(19-17-30)26(32)29-15-14-20-6-12-24(28)13-7-20/h1-13,25H,14-19H2,(H,29,32)/t25-/m0/s1. The topological polar surface area (TPSA) is 35.6 Å². The van der Waals surface area contributed by atoms with Gasteiger partial charge in [0.15, 0.2) is 0 Å². The minimum atomic E-state index is -0.247. The Morgan fingerprint density at radius 2 is 1.50 bits per heavy atom. The predicted molar refractivity (Wildman–Crippen MR) is 126 cm³/mol. The zero-order valence-electron chi connectivity index (χ0n) is 17.9. The van der Waals surface area contributed by atoms with Gasteiger partial charge in [-0.05, 0) is 47.4 Å². The molecule has 1 fully saturated rings. The van der Waals surface area contributed by atoms with Crippen LogP contribution >= 0.6 is 11.6 Å². The van der Waals surface area contributed by atoms with Crippen molar-refractivity contribution in [1.82, 2.24) is 15.1 Å². The van der Waals surface area contributed by atoms with Crippen molar-refractivity contribution < 1.29 is 9.18 Å². The summed E-state index contributed by atoms with van der Waals surface area (Å²) in [6, 6.07) is 24.9. The summed E-state index contributed by atoms with van der Waals surface area (Å²) in [6.45, 7) is 3.43. The molecule has 3 aromatic carbocycles. The van der Waals surface area contributed by atoms with E-state index in [0.29, 0.717) is 26.1 Å². The van der Waals surface area contributed by atoms with Gasteiger partial charge in [0.1, 0.15) is 5.82 Å². The number of amides is 2. The fourth-order valence-electron chi connectivity index (χ4n) is 4.15. The molecule has 3 aromatic rings. The fourth-order valence-corrected chi connectivity index (χ4v) is 4.28. The highest BCUT2D eigenvalue weighted by molar-refractivity contribution is 6.30. The molecule has 4 nitrogen and oxygen atoms in total. The van der Waals surface area contributed by atoms with Crippen LogP contribution in [-0.4, -0.2) is 48.6 Å². The van der Waals surface area contributed by atoms with Crippen molar-refractivity contribution in [2.45, 2.75) is 12.5 Å². The Kier molecular flexibility index (Phi) is 7.40. The first-order chi connectivity index (χ1) is 15.6. The highest BCUT2D eigenvalue weighted by Crippen LogP contribution is 2.30. The van der Waals surface area contributed by atoms with Crippen LogP contribution in [0.5, 0.6) is 0 Å². The summed E-state index contributed by atoms with van der Waals surface area (Å²) >= 11 is 6.11. The molecule has 1 N–H and O–H groups in total. The molecule has 1 atom stereocenters. The first kappa shape index (κ1) is 22.3. The summed E-state index contributed by atoms with van der Waals surface area (Å²) < 4.78 is 13.0. The van der Waals surface area contributed by atoms with Crippen LogP contribution in [-0.2, 0) is 6.42 Å². The van der Waals surface area contributed by atoms with E-state index in [9.17, 15) is 9.18 Å². The van der Waals surface area contributed by atoms with Crippen molar-refractivity contribution in [2.75, 3.05) is 32.7 Å². The number of carbonyl (C=O) groups is 1. The van der Waals surface area contributed by atoms with E-state index in [1.807, 2.05) is 23.1 Å². The van der Waals surface area contributed by atoms with E-state index in [2.05, 4.69) is 46.6 Å². The van der Waals surface area contributed by atoms with Crippen LogP contribution in [0.1, 0.15) is 22.7 Å². The number of rotatable bonds is 6. The van der Waals surface area contributed by atoms with Gasteiger partial charge >= 0.3 is 6.03 Å². The van der Waals surface area contributed by atoms with Crippen molar-refractivity contribution in [3.63, 3.8) is 0 Å². The van der Waals surface area contributed by atoms with Gasteiger partial charge in [0, 0.05) is 37.7 Å². The Bertz CT molecular complexity index is 1000. The molecule has 0 aromatic heterocycles. The Labute approximate surface area is 193 Å². The highest BCUT2D eigenvalue weighted by Gasteiger charge is 2.28. The maximum absolute atomic E-state index is 13.0. The van der Waals surface area contributed by atoms with E-state index in [0.717, 1.165) is 23.7 Å². The van der Waals surface area contributed by atoms with Crippen LogP contribution in [0.2, 0.25) is 5.02 Å². The van der Waals surface area contributed by atoms with Gasteiger partial charge in [0.05, 0.1) is 6.04 Å². The van der Waals surface area contributed by atoms with Crippen molar-refractivity contribution in [3.05, 3.63) is 106 Å². The average Bonchev–Trinajstić information content (AvgIpc) is 2.83. The number of carbonyl (C=O) groups excluding carboxylic acids is 1. The van der Waals surface area contributed by atoms with E-state index >= 15 is 0 Å². The third kappa shape index (κ3) is 5.67. The molecule has 32 heavy (non-hydrogen) atoms. The van der Waals surface area contributed by atoms with E-state index in [-0.39, 0.29) is 17.9 Å². The number of benzene rings is 3. The number of hydrogen-bond acceptors (Lipinski definition) is 2. The van der Waals surface area contributed by atoms with Gasteiger partial charge in [-0.2, -0.15) is 0 Å². The lowest BCUT2D eigenvalue weighted by atomic mass is 9.96. The molecular weight excluding hydrogens is 425 g/mol. The minimum Gasteiger partial charge on any atom is -0.338 e. The average molecular weight is 452 g/mol. The van der Waals surface area contributed by atoms with Gasteiger partial charge in [0.25, 0.3) is 0 Å². The van der Waals surface area contributed by atoms with E-state index in [1.165, 1.54) is 23.3 Å². The molecule has 0 spiro atoms. The summed E-state index contributed by atoms with van der Waals surface area (Å²) in [4.78, 5) is 16.9. The second-order valence-corrected chi connectivity index (χ2v) is 8.43. The Balaban J connectivity index is 1.34. The SMILES string of the molecule is O=C(NCCc1ccc(F)cc1)N1CCN([C@@H](c2ccccc2)c2ccc(Cl)cc2)CC1. The molecule has 0 saturated carbocycles. The summed E-state index contributed by atoms with van der Waals surface area (Å²) in [7, 11) is 0. The number of nitrogens with zero attached hydrogens (tertiary/aromatic N) is 2. The minimum absolute atomic E-state index is 0.0467. The van der Waals surface area contributed by atoms with Gasteiger partial charge in [0.2, 0.25) is 0 Å². The molecule has 6 heteroatoms. The number of hydrogen-bond donors (Lipinski definition) is 1. The van der Waals surface area contributed by atoms with Crippen LogP contribution < -0.4 is 5.32 Å². The van der Waals surface area contributed by atoms with E-state index in [1.54, 1.807) is 12.1 Å². The first-order valence-corrected chi connectivity index (χ1v) is 11.3. The van der Waals surface area contributed by atoms with Crippen LogP contribution in [0.4, 0.5) is 9.18 Å². The highest BCUT2D eigenvalue weighted by atomic mass is 35.5. The Hall–Kier alpha value is -2.89. The third-order valence-electron chi connectivity index (χ3n) is 5.87. The largest absolute Gasteiger partial charge is 0.338 e. The fraction of sp³-hybridized carbons (Fsp3) is 0.269. The molecule has 0 radical (unpaired) electrons. The smallest absolute Gasteiger partial charge is 0.317 e. The molecular formula is C26H27ClFN3O. The van der Waals surface area contributed by atoms with Gasteiger partial charge in [-0.25, -0.2) is 9.18 Å². The van der Waals surface area contributed by atoms with Crippen LogP contribution in [0, 0.1) is 5.82 Å². The molecule has 0 aliphatic carbocycles. The molecule has 0 unspecified atom stereocenters. The summed E-state index contributed by atoms with van der Waals surface area (Å²) in [5.41, 5.74) is 3.43. The van der Waals surface area contributed by atoms with Gasteiger partial charge in [-0.15, -0.1) is 0 Å². The van der Waals surface area contributed by atoms with E-state index < -0.39 is 0 Å². The molecule has 1 heterocycles. The summed E-state index contributed by atoms with van der Waals surface area (Å²) in [5.74, 6) is -0.247. The normalized spacial score (nSPS) is 15.4. The van der Waals surface area contributed by atoms with Crippen LogP contribution in [0.3, 0.4) is 0 Å². The third-order valence-corrected chi connectivity index (χ3v) is 6.12. The lowest BCUT2D eigenvalue weighted by Crippen LogP contribution is -2.52. The van der Waals surface area contributed by atoms with Crippen molar-refractivity contribution in [3.8, 4) is 0 Å². The quantitative estimate of drug-likeness (QED) is 0.563. The molecule has 1 saturated heterocycles. The second kappa shape index (κ2) is 10.6. The molecule has 166 valence electrons. The van der Waals surface area contributed by atoms with Gasteiger partial charge < -0.3 is 10.2 Å². The number of halogens is 2. The van der Waals surface area contributed by atoms with Crippen molar-refractivity contribution >= 4 is 17.6 Å². The molecule has 1 aliphatic heterocycles. The maximum atomic E-state index is 13.0. The molecule has 1 aliphatic rings. The summed E-state index contributed by atoms with van der Waals surface area (Å²) in [5, 5.41) is 3.71. The zero-order valence-corrected chi connectivity index (χ0v) is 18.6. The number of piperazine rings is 1. The Morgan fingerprint density at radius 1 is 0.875 bits per heavy atom. The molecule has 0 bridgehead atoms. The Morgan fingerprint density at radius 3 is 2.16 bits per heavy atom. The maximum Gasteiger partial charge on any atom is 0.317 e. The van der Waals surface area contributed by atoms with E-state index in [4.69, 9.17) is 11.6 Å². The van der Waals surface area contributed by atoms with Crippen LogP contribution in [0.15, 0.2) is 78.9 Å². The number of nitrogens with one attached hydrogen (secondary N) is 1. The van der Waals surface area contributed by atoms with Gasteiger partial charge in [-0.1, -0.05) is 66.2 Å². The monoisotopic (exact) mass is 451 g/mol. The lowest BCUT2D eigenvalue weighted by Gasteiger charge is -2.39. The predicted octanol–water partition coefficient (Wildman–Crippen LogP) is 5.14. The van der Waals surface area contributed by atoms with Crippen molar-refractivity contribution in [1.29, 1.82) is 0 Å². The second-order valence-electron chi connectivity index (χ2n) is 8.00.